The van der Waals surface area contributed by atoms with Gasteiger partial charge < -0.3 is 5.11 Å². The van der Waals surface area contributed by atoms with Crippen molar-refractivity contribution in [3.63, 3.8) is 0 Å². The van der Waals surface area contributed by atoms with Crippen molar-refractivity contribution in [2.45, 2.75) is 9.79 Å². The third kappa shape index (κ3) is 5.66. The van der Waals surface area contributed by atoms with E-state index < -0.39 is 21.0 Å². The molecule has 0 spiro atoms. The molecule has 1 aromatic carbocycles. The molecule has 0 aliphatic carbocycles. The Bertz CT molecular complexity index is 561. The molecule has 1 rings (SSSR count). The number of halogens is 2. The maximum atomic E-state index is 10.9. The molecule has 0 saturated heterocycles. The molecule has 96 valence electrons. The zero-order valence-electron chi connectivity index (χ0n) is 8.05. The number of carboxylic acids is 1. The number of thioether (sulfide) groups is 1. The molecular weight excluding hydrogens is 350 g/mol. The van der Waals surface area contributed by atoms with Crippen molar-refractivity contribution in [2.75, 3.05) is 5.75 Å². The average molecular weight is 357 g/mol. The van der Waals surface area contributed by atoms with E-state index >= 15 is 0 Å². The van der Waals surface area contributed by atoms with Gasteiger partial charge in [0.05, 0.1) is 15.8 Å². The number of benzene rings is 1. The summed E-state index contributed by atoms with van der Waals surface area (Å²) in [5.74, 6) is -1.28. The summed E-state index contributed by atoms with van der Waals surface area (Å²) in [6, 6.07) is 2.17. The van der Waals surface area contributed by atoms with E-state index in [2.05, 4.69) is 0 Å². The molecule has 0 aliphatic rings. The van der Waals surface area contributed by atoms with Crippen LogP contribution in [-0.4, -0.2) is 81.2 Å². The predicted molar refractivity (Wildman–Crippen MR) is 71.8 cm³/mol. The van der Waals surface area contributed by atoms with Gasteiger partial charge in [-0.2, -0.15) is 8.42 Å². The Kier molecular flexibility index (Phi) is 8.33. The standard InChI is InChI=1S/C8H6Cl2O5S2.K.H/c9-4-2-7(17(13,14)15)5(10)1-6(4)16-3-8(11)12;;/h1-2H,3H2,(H,11,12)(H,13,14,15);;. The van der Waals surface area contributed by atoms with E-state index in [0.717, 1.165) is 17.8 Å². The van der Waals surface area contributed by atoms with Gasteiger partial charge in [-0.25, -0.2) is 0 Å². The van der Waals surface area contributed by atoms with Crippen LogP contribution in [0.5, 0.6) is 0 Å². The first-order chi connectivity index (χ1) is 7.71. The van der Waals surface area contributed by atoms with Crippen molar-refractivity contribution in [1.82, 2.24) is 0 Å². The van der Waals surface area contributed by atoms with Gasteiger partial charge in [-0.3, -0.25) is 9.35 Å². The monoisotopic (exact) mass is 356 g/mol. The van der Waals surface area contributed by atoms with Crippen LogP contribution in [0, 0.1) is 0 Å². The van der Waals surface area contributed by atoms with Crippen LogP contribution in [0.2, 0.25) is 10.0 Å². The average Bonchev–Trinajstić information content (AvgIpc) is 2.17. The van der Waals surface area contributed by atoms with E-state index in [1.54, 1.807) is 0 Å². The third-order valence-electron chi connectivity index (χ3n) is 1.62. The molecule has 0 saturated carbocycles. The van der Waals surface area contributed by atoms with Gasteiger partial charge in [0.25, 0.3) is 10.1 Å². The molecule has 0 heterocycles. The molecule has 0 unspecified atom stereocenters. The minimum absolute atomic E-state index is 0. The number of carboxylic acid groups (broad SMARTS) is 1. The molecule has 0 atom stereocenters. The Hall–Kier alpha value is 1.17. The molecule has 5 nitrogen and oxygen atoms in total. The summed E-state index contributed by atoms with van der Waals surface area (Å²) in [6.45, 7) is 0. The summed E-state index contributed by atoms with van der Waals surface area (Å²) < 4.78 is 30.6. The van der Waals surface area contributed by atoms with E-state index in [1.165, 1.54) is 6.07 Å². The number of hydrogen-bond donors (Lipinski definition) is 2. The third-order valence-corrected chi connectivity index (χ3v) is 4.40. The van der Waals surface area contributed by atoms with Crippen molar-refractivity contribution in [1.29, 1.82) is 0 Å². The normalized spacial score (nSPS) is 10.8. The van der Waals surface area contributed by atoms with Crippen LogP contribution < -0.4 is 0 Å². The Morgan fingerprint density at radius 1 is 1.28 bits per heavy atom. The second-order valence-corrected chi connectivity index (χ2v) is 6.09. The molecule has 0 radical (unpaired) electrons. The molecular formula is C8H7Cl2KO5S2. The molecule has 0 aromatic heterocycles. The van der Waals surface area contributed by atoms with Gasteiger partial charge in [0.15, 0.2) is 0 Å². The van der Waals surface area contributed by atoms with Crippen LogP contribution in [0.25, 0.3) is 0 Å². The van der Waals surface area contributed by atoms with Gasteiger partial charge in [0, 0.05) is 4.90 Å². The van der Waals surface area contributed by atoms with Crippen molar-refractivity contribution in [2.24, 2.45) is 0 Å². The van der Waals surface area contributed by atoms with E-state index in [4.69, 9.17) is 32.9 Å². The van der Waals surface area contributed by atoms with Crippen LogP contribution in [0.1, 0.15) is 0 Å². The summed E-state index contributed by atoms with van der Waals surface area (Å²) in [5.41, 5.74) is 0. The topological polar surface area (TPSA) is 91.7 Å². The second-order valence-electron chi connectivity index (χ2n) is 2.87. The van der Waals surface area contributed by atoms with Crippen LogP contribution >= 0.6 is 35.0 Å². The van der Waals surface area contributed by atoms with Gasteiger partial charge in [0.1, 0.15) is 4.90 Å². The summed E-state index contributed by atoms with van der Waals surface area (Å²) in [5, 5.41) is 8.28. The molecule has 0 aliphatic heterocycles. The fourth-order valence-electron chi connectivity index (χ4n) is 0.958. The Balaban J connectivity index is 0.00000289. The summed E-state index contributed by atoms with van der Waals surface area (Å²) in [7, 11) is -4.45. The first-order valence-electron chi connectivity index (χ1n) is 4.03. The van der Waals surface area contributed by atoms with E-state index in [0.29, 0.717) is 4.90 Å². The number of aliphatic carboxylic acids is 1. The van der Waals surface area contributed by atoms with E-state index in [1.807, 2.05) is 0 Å². The van der Waals surface area contributed by atoms with Crippen LogP contribution in [-0.2, 0) is 14.9 Å². The first-order valence-corrected chi connectivity index (χ1v) is 7.21. The SMILES string of the molecule is O=C(O)CSc1cc(Cl)c(S(=O)(=O)O)cc1Cl.[KH]. The van der Waals surface area contributed by atoms with Gasteiger partial charge in [-0.15, -0.1) is 11.8 Å². The Labute approximate surface area is 160 Å². The molecule has 2 N–H and O–H groups in total. The maximum absolute atomic E-state index is 10.9. The molecule has 0 amide bonds. The number of rotatable bonds is 4. The van der Waals surface area contributed by atoms with Crippen molar-refractivity contribution in [3.8, 4) is 0 Å². The van der Waals surface area contributed by atoms with Gasteiger partial charge in [-0.1, -0.05) is 23.2 Å². The number of carbonyl (C=O) groups is 1. The van der Waals surface area contributed by atoms with E-state index in [-0.39, 0.29) is 67.2 Å². The van der Waals surface area contributed by atoms with Gasteiger partial charge in [0.2, 0.25) is 0 Å². The van der Waals surface area contributed by atoms with E-state index in [9.17, 15) is 13.2 Å². The fraction of sp³-hybridized carbons (Fsp3) is 0.125. The van der Waals surface area contributed by atoms with Crippen molar-refractivity contribution >= 4 is 102 Å². The molecule has 10 heteroatoms. The number of hydrogen-bond acceptors (Lipinski definition) is 4. The summed E-state index contributed by atoms with van der Waals surface area (Å²) in [6.07, 6.45) is 0. The predicted octanol–water partition coefficient (Wildman–Crippen LogP) is 1.77. The van der Waals surface area contributed by atoms with Crippen molar-refractivity contribution < 1.29 is 22.9 Å². The first kappa shape index (κ1) is 19.2. The zero-order valence-corrected chi connectivity index (χ0v) is 11.2. The van der Waals surface area contributed by atoms with Crippen LogP contribution in [0.3, 0.4) is 0 Å². The fourth-order valence-corrected chi connectivity index (χ4v) is 3.12. The van der Waals surface area contributed by atoms with Crippen LogP contribution in [0.15, 0.2) is 21.9 Å². The van der Waals surface area contributed by atoms with Gasteiger partial charge >= 0.3 is 57.4 Å². The van der Waals surface area contributed by atoms with Gasteiger partial charge in [-0.05, 0) is 12.1 Å². The molecule has 0 fully saturated rings. The van der Waals surface area contributed by atoms with Crippen molar-refractivity contribution in [3.05, 3.63) is 22.2 Å². The summed E-state index contributed by atoms with van der Waals surface area (Å²) >= 11 is 12.3. The molecule has 0 bridgehead atoms. The Morgan fingerprint density at radius 2 is 1.83 bits per heavy atom. The van der Waals surface area contributed by atoms with Crippen LogP contribution in [0.4, 0.5) is 0 Å². The molecule has 1 aromatic rings. The minimum atomic E-state index is -4.45. The zero-order chi connectivity index (χ0) is 13.2. The quantitative estimate of drug-likeness (QED) is 0.485. The summed E-state index contributed by atoms with van der Waals surface area (Å²) in [4.78, 5) is 10.2. The second kappa shape index (κ2) is 7.82. The Morgan fingerprint density at radius 3 is 2.28 bits per heavy atom. The molecule has 18 heavy (non-hydrogen) atoms.